The van der Waals surface area contributed by atoms with Crippen molar-refractivity contribution in [3.05, 3.63) is 17.7 Å². The van der Waals surface area contributed by atoms with Crippen LogP contribution >= 0.6 is 0 Å². The summed E-state index contributed by atoms with van der Waals surface area (Å²) < 4.78 is 16.5. The summed E-state index contributed by atoms with van der Waals surface area (Å²) in [4.78, 5) is 17.5. The van der Waals surface area contributed by atoms with E-state index in [1.54, 1.807) is 21.3 Å². The van der Waals surface area contributed by atoms with Crippen molar-refractivity contribution in [2.75, 3.05) is 67.1 Å². The van der Waals surface area contributed by atoms with Crippen LogP contribution in [0.2, 0.25) is 0 Å². The minimum Gasteiger partial charge on any atom is -0.493 e. The van der Waals surface area contributed by atoms with E-state index in [0.717, 1.165) is 70.0 Å². The third kappa shape index (κ3) is 4.89. The summed E-state index contributed by atoms with van der Waals surface area (Å²) in [6, 6.07) is 4.00. The number of carbonyl (C=O) groups excluding carboxylic acids is 1. The van der Waals surface area contributed by atoms with Gasteiger partial charge in [0.15, 0.2) is 18.0 Å². The first kappa shape index (κ1) is 20.7. The zero-order chi connectivity index (χ0) is 19.9. The number of benzene rings is 1. The van der Waals surface area contributed by atoms with Crippen LogP contribution in [-0.2, 0) is 11.3 Å². The first-order valence-corrected chi connectivity index (χ1v) is 10.4. The quantitative estimate of drug-likeness (QED) is 0.625. The molecule has 2 heterocycles. The molecule has 156 valence electrons. The molecule has 1 amide bonds. The molecule has 2 fully saturated rings. The first-order valence-electron chi connectivity index (χ1n) is 10.4. The first-order chi connectivity index (χ1) is 13.7. The van der Waals surface area contributed by atoms with Gasteiger partial charge in [0.2, 0.25) is 5.75 Å². The van der Waals surface area contributed by atoms with Crippen LogP contribution < -0.4 is 24.0 Å². The van der Waals surface area contributed by atoms with Crippen LogP contribution in [0.3, 0.4) is 0 Å². The molecule has 0 aliphatic carbocycles. The molecular formula is C21H35N3O4+2. The Morgan fingerprint density at radius 1 is 0.893 bits per heavy atom. The molecule has 2 aliphatic rings. The van der Waals surface area contributed by atoms with Gasteiger partial charge >= 0.3 is 0 Å². The number of rotatable bonds is 7. The second-order valence-corrected chi connectivity index (χ2v) is 7.79. The Bertz CT molecular complexity index is 653. The zero-order valence-electron chi connectivity index (χ0n) is 17.5. The van der Waals surface area contributed by atoms with Crippen molar-refractivity contribution in [1.82, 2.24) is 4.90 Å². The Morgan fingerprint density at radius 2 is 1.54 bits per heavy atom. The van der Waals surface area contributed by atoms with Crippen LogP contribution in [0.15, 0.2) is 12.1 Å². The second-order valence-electron chi connectivity index (χ2n) is 7.79. The van der Waals surface area contributed by atoms with E-state index < -0.39 is 0 Å². The number of amides is 1. The average Bonchev–Trinajstić information content (AvgIpc) is 2.75. The van der Waals surface area contributed by atoms with Crippen LogP contribution in [0.25, 0.3) is 0 Å². The van der Waals surface area contributed by atoms with E-state index in [2.05, 4.69) is 11.0 Å². The Balaban J connectivity index is 1.53. The van der Waals surface area contributed by atoms with Crippen molar-refractivity contribution in [1.29, 1.82) is 0 Å². The molecule has 3 rings (SSSR count). The minimum atomic E-state index is 0.333. The Kier molecular flexibility index (Phi) is 7.39. The minimum absolute atomic E-state index is 0.333. The SMILES string of the molecule is COc1ccc(C[NH+]2CC[NH+](CC(=O)N3CCCCC3)CC2)c(OC)c1OC. The van der Waals surface area contributed by atoms with E-state index in [4.69, 9.17) is 14.2 Å². The molecule has 2 saturated heterocycles. The Hall–Kier alpha value is -1.99. The maximum absolute atomic E-state index is 12.5. The predicted octanol–water partition coefficient (Wildman–Crippen LogP) is -0.992. The van der Waals surface area contributed by atoms with Gasteiger partial charge in [0.05, 0.1) is 26.9 Å². The molecule has 1 aromatic rings. The lowest BCUT2D eigenvalue weighted by molar-refractivity contribution is -1.02. The van der Waals surface area contributed by atoms with Gasteiger partial charge in [-0.2, -0.15) is 0 Å². The van der Waals surface area contributed by atoms with E-state index in [1.807, 2.05) is 6.07 Å². The van der Waals surface area contributed by atoms with Gasteiger partial charge in [0.1, 0.15) is 32.7 Å². The Labute approximate surface area is 168 Å². The molecule has 7 nitrogen and oxygen atoms in total. The van der Waals surface area contributed by atoms with Crippen molar-refractivity contribution in [3.8, 4) is 17.2 Å². The number of piperazine rings is 1. The predicted molar refractivity (Wildman–Crippen MR) is 106 cm³/mol. The Morgan fingerprint density at radius 3 is 2.14 bits per heavy atom. The van der Waals surface area contributed by atoms with Gasteiger partial charge in [-0.3, -0.25) is 4.79 Å². The largest absolute Gasteiger partial charge is 0.493 e. The van der Waals surface area contributed by atoms with E-state index in [0.29, 0.717) is 24.0 Å². The van der Waals surface area contributed by atoms with E-state index in [1.165, 1.54) is 16.2 Å². The number of piperidine rings is 1. The molecule has 1 aromatic carbocycles. The third-order valence-corrected chi connectivity index (χ3v) is 6.00. The van der Waals surface area contributed by atoms with Crippen molar-refractivity contribution < 1.29 is 28.8 Å². The summed E-state index contributed by atoms with van der Waals surface area (Å²) in [5.74, 6) is 2.42. The van der Waals surface area contributed by atoms with E-state index in [-0.39, 0.29) is 0 Å². The summed E-state index contributed by atoms with van der Waals surface area (Å²) in [5, 5.41) is 0. The van der Waals surface area contributed by atoms with Crippen LogP contribution in [0, 0.1) is 0 Å². The van der Waals surface area contributed by atoms with Crippen LogP contribution in [0.4, 0.5) is 0 Å². The summed E-state index contributed by atoms with van der Waals surface area (Å²) in [7, 11) is 4.94. The highest BCUT2D eigenvalue weighted by atomic mass is 16.5. The van der Waals surface area contributed by atoms with Gasteiger partial charge in [0.25, 0.3) is 5.91 Å². The van der Waals surface area contributed by atoms with Gasteiger partial charge in [0, 0.05) is 13.1 Å². The van der Waals surface area contributed by atoms with Gasteiger partial charge in [-0.05, 0) is 31.4 Å². The normalized spacial score (nSPS) is 22.6. The summed E-state index contributed by atoms with van der Waals surface area (Å²) in [6.45, 7) is 7.60. The van der Waals surface area contributed by atoms with Gasteiger partial charge < -0.3 is 28.9 Å². The summed E-state index contributed by atoms with van der Waals surface area (Å²) in [6.07, 6.45) is 3.58. The van der Waals surface area contributed by atoms with Gasteiger partial charge in [-0.1, -0.05) is 0 Å². The molecule has 7 heteroatoms. The molecule has 2 N–H and O–H groups in total. The lowest BCUT2D eigenvalue weighted by Gasteiger charge is -2.32. The number of hydrogen-bond acceptors (Lipinski definition) is 4. The zero-order valence-corrected chi connectivity index (χ0v) is 17.5. The molecule has 28 heavy (non-hydrogen) atoms. The fourth-order valence-corrected chi connectivity index (χ4v) is 4.35. The number of nitrogens with zero attached hydrogens (tertiary/aromatic N) is 1. The van der Waals surface area contributed by atoms with Gasteiger partial charge in [-0.25, -0.2) is 0 Å². The number of quaternary nitrogens is 2. The molecule has 0 bridgehead atoms. The fraction of sp³-hybridized carbons (Fsp3) is 0.667. The monoisotopic (exact) mass is 393 g/mol. The van der Waals surface area contributed by atoms with Crippen molar-refractivity contribution in [2.24, 2.45) is 0 Å². The highest BCUT2D eigenvalue weighted by Crippen LogP contribution is 2.39. The smallest absolute Gasteiger partial charge is 0.277 e. The molecule has 0 aromatic heterocycles. The maximum Gasteiger partial charge on any atom is 0.277 e. The number of nitrogens with one attached hydrogen (secondary N) is 2. The van der Waals surface area contributed by atoms with Gasteiger partial charge in [-0.15, -0.1) is 0 Å². The fourth-order valence-electron chi connectivity index (χ4n) is 4.35. The highest BCUT2D eigenvalue weighted by molar-refractivity contribution is 5.77. The van der Waals surface area contributed by atoms with Crippen LogP contribution in [0.5, 0.6) is 17.2 Å². The standard InChI is InChI=1S/C21H33N3O4/c1-26-18-8-7-17(20(27-2)21(18)28-3)15-22-11-13-23(14-12-22)16-19(25)24-9-5-4-6-10-24/h7-8H,4-6,9-16H2,1-3H3/p+2. The number of methoxy groups -OCH3 is 3. The van der Waals surface area contributed by atoms with E-state index in [9.17, 15) is 4.79 Å². The average molecular weight is 394 g/mol. The molecule has 0 saturated carbocycles. The number of likely N-dealkylation sites (tertiary alicyclic amines) is 1. The lowest BCUT2D eigenvalue weighted by atomic mass is 10.1. The summed E-state index contributed by atoms with van der Waals surface area (Å²) in [5.41, 5.74) is 1.13. The summed E-state index contributed by atoms with van der Waals surface area (Å²) >= 11 is 0. The number of carbonyl (C=O) groups is 1. The van der Waals surface area contributed by atoms with Crippen LogP contribution in [-0.4, -0.2) is 77.9 Å². The lowest BCUT2D eigenvalue weighted by Crippen LogP contribution is -3.28. The number of hydrogen-bond donors (Lipinski definition) is 2. The van der Waals surface area contributed by atoms with Crippen LogP contribution in [0.1, 0.15) is 24.8 Å². The number of ether oxygens (including phenoxy) is 3. The topological polar surface area (TPSA) is 56.9 Å². The maximum atomic E-state index is 12.5. The molecule has 0 spiro atoms. The van der Waals surface area contributed by atoms with Crippen molar-refractivity contribution >= 4 is 5.91 Å². The molecular weight excluding hydrogens is 358 g/mol. The second kappa shape index (κ2) is 9.98. The molecule has 0 atom stereocenters. The highest BCUT2D eigenvalue weighted by Gasteiger charge is 2.28. The van der Waals surface area contributed by atoms with E-state index >= 15 is 0 Å². The third-order valence-electron chi connectivity index (χ3n) is 6.00. The molecule has 0 unspecified atom stereocenters. The molecule has 2 aliphatic heterocycles. The molecule has 0 radical (unpaired) electrons. The van der Waals surface area contributed by atoms with Crippen molar-refractivity contribution in [2.45, 2.75) is 25.8 Å². The van der Waals surface area contributed by atoms with Crippen molar-refractivity contribution in [3.63, 3.8) is 0 Å².